The van der Waals surface area contributed by atoms with E-state index in [9.17, 15) is 19.8 Å². The smallest absolute Gasteiger partial charge is 0.306 e. The van der Waals surface area contributed by atoms with Gasteiger partial charge in [0.05, 0.1) is 25.2 Å². The van der Waals surface area contributed by atoms with E-state index >= 15 is 0 Å². The third-order valence-electron chi connectivity index (χ3n) is 11.5. The summed E-state index contributed by atoms with van der Waals surface area (Å²) in [5.41, 5.74) is 0. The van der Waals surface area contributed by atoms with Crippen LogP contribution in [0.5, 0.6) is 0 Å². The molecule has 6 heteroatoms. The van der Waals surface area contributed by atoms with Crippen molar-refractivity contribution in [3.8, 4) is 0 Å². The Balaban J connectivity index is 4.65. The molecule has 6 nitrogen and oxygen atoms in total. The quantitative estimate of drug-likeness (QED) is 0.0323. The fourth-order valence-electron chi connectivity index (χ4n) is 7.67. The Bertz CT molecular complexity index is 961. The van der Waals surface area contributed by atoms with Gasteiger partial charge in [0.25, 0.3) is 0 Å². The van der Waals surface area contributed by atoms with Crippen LogP contribution in [-0.2, 0) is 14.3 Å². The van der Waals surface area contributed by atoms with Crippen molar-refractivity contribution < 1.29 is 24.5 Å². The summed E-state index contributed by atoms with van der Waals surface area (Å²) in [5.74, 6) is -0.500. The molecule has 0 saturated carbocycles. The Morgan fingerprint density at radius 1 is 0.500 bits per heavy atom. The summed E-state index contributed by atoms with van der Waals surface area (Å²) < 4.78 is 5.91. The lowest BCUT2D eigenvalue weighted by Crippen LogP contribution is -2.46. The highest BCUT2D eigenvalue weighted by Gasteiger charge is 2.24. The SMILES string of the molecule is CCCCCCC/C=C/C=C/C=C/CCCCCC(CC(=O)NC(CO)C(O)CCCCCCCCCCCCCC)OC(=O)CCCCCCCCCCCCC. The Hall–Kier alpha value is -1.92. The van der Waals surface area contributed by atoms with Crippen LogP contribution >= 0.6 is 0 Å². The van der Waals surface area contributed by atoms with Gasteiger partial charge in [0.1, 0.15) is 6.10 Å². The maximum absolute atomic E-state index is 13.2. The lowest BCUT2D eigenvalue weighted by Gasteiger charge is -2.24. The van der Waals surface area contributed by atoms with Gasteiger partial charge in [-0.25, -0.2) is 0 Å². The summed E-state index contributed by atoms with van der Waals surface area (Å²) >= 11 is 0. The molecule has 0 aromatic carbocycles. The van der Waals surface area contributed by atoms with Crippen LogP contribution in [0.4, 0.5) is 0 Å². The minimum absolute atomic E-state index is 0.0583. The van der Waals surface area contributed by atoms with E-state index in [0.717, 1.165) is 70.6 Å². The van der Waals surface area contributed by atoms with Gasteiger partial charge in [0.2, 0.25) is 5.91 Å². The normalized spacial score (nSPS) is 13.5. The first kappa shape index (κ1) is 56.1. The Labute approximate surface area is 360 Å². The van der Waals surface area contributed by atoms with Gasteiger partial charge in [-0.2, -0.15) is 0 Å². The molecule has 0 aliphatic rings. The average Bonchev–Trinajstić information content (AvgIpc) is 3.22. The molecule has 0 aromatic heterocycles. The van der Waals surface area contributed by atoms with Gasteiger partial charge in [0, 0.05) is 6.42 Å². The maximum Gasteiger partial charge on any atom is 0.306 e. The van der Waals surface area contributed by atoms with E-state index in [-0.39, 0.29) is 24.9 Å². The van der Waals surface area contributed by atoms with Gasteiger partial charge in [-0.05, 0) is 51.4 Å². The predicted octanol–water partition coefficient (Wildman–Crippen LogP) is 14.9. The van der Waals surface area contributed by atoms with Crippen molar-refractivity contribution in [2.24, 2.45) is 0 Å². The highest BCUT2D eigenvalue weighted by atomic mass is 16.5. The number of hydrogen-bond donors (Lipinski definition) is 3. The fourth-order valence-corrected chi connectivity index (χ4v) is 7.67. The molecule has 0 aliphatic carbocycles. The third-order valence-corrected chi connectivity index (χ3v) is 11.5. The standard InChI is InChI=1S/C52H97NO5/c1-4-7-10-13-16-19-22-24-25-26-27-29-31-34-37-40-43-48(58-52(57)45-42-39-36-33-28-21-18-15-12-9-6-3)46-51(56)53-49(47-54)50(55)44-41-38-35-32-30-23-20-17-14-11-8-5-2/h22,24-27,29,48-50,54-55H,4-21,23,28,30-47H2,1-3H3,(H,53,56)/b24-22+,26-25+,29-27+. The van der Waals surface area contributed by atoms with Crippen LogP contribution in [0, 0.1) is 0 Å². The molecule has 1 amide bonds. The second-order valence-corrected chi connectivity index (χ2v) is 17.3. The summed E-state index contributed by atoms with van der Waals surface area (Å²) in [4.78, 5) is 26.1. The summed E-state index contributed by atoms with van der Waals surface area (Å²) in [5, 5.41) is 23.7. The molecule has 0 fully saturated rings. The van der Waals surface area contributed by atoms with E-state index in [1.807, 2.05) is 0 Å². The van der Waals surface area contributed by atoms with Crippen molar-refractivity contribution in [1.29, 1.82) is 0 Å². The van der Waals surface area contributed by atoms with Crippen molar-refractivity contribution in [3.63, 3.8) is 0 Å². The second kappa shape index (κ2) is 46.2. The predicted molar refractivity (Wildman–Crippen MR) is 250 cm³/mol. The molecule has 3 N–H and O–H groups in total. The van der Waals surface area contributed by atoms with Gasteiger partial charge < -0.3 is 20.3 Å². The average molecular weight is 816 g/mol. The highest BCUT2D eigenvalue weighted by molar-refractivity contribution is 5.77. The number of rotatable bonds is 45. The van der Waals surface area contributed by atoms with Crippen LogP contribution in [0.2, 0.25) is 0 Å². The Kier molecular flexibility index (Phi) is 44.6. The van der Waals surface area contributed by atoms with Gasteiger partial charge >= 0.3 is 5.97 Å². The van der Waals surface area contributed by atoms with Crippen molar-refractivity contribution >= 4 is 11.9 Å². The monoisotopic (exact) mass is 816 g/mol. The number of allylic oxidation sites excluding steroid dienone is 6. The van der Waals surface area contributed by atoms with Crippen LogP contribution in [0.1, 0.15) is 258 Å². The molecule has 0 aliphatic heterocycles. The molecule has 340 valence electrons. The van der Waals surface area contributed by atoms with Crippen LogP contribution in [0.25, 0.3) is 0 Å². The van der Waals surface area contributed by atoms with Gasteiger partial charge in [0.15, 0.2) is 0 Å². The summed E-state index contributed by atoms with van der Waals surface area (Å²) in [7, 11) is 0. The summed E-state index contributed by atoms with van der Waals surface area (Å²) in [6, 6.07) is -0.709. The zero-order valence-corrected chi connectivity index (χ0v) is 38.7. The van der Waals surface area contributed by atoms with Crippen molar-refractivity contribution in [1.82, 2.24) is 5.32 Å². The van der Waals surface area contributed by atoms with E-state index < -0.39 is 18.2 Å². The molecule has 0 heterocycles. The van der Waals surface area contributed by atoms with Crippen LogP contribution in [0.15, 0.2) is 36.5 Å². The lowest BCUT2D eigenvalue weighted by atomic mass is 10.0. The number of ether oxygens (including phenoxy) is 1. The van der Waals surface area contributed by atoms with Crippen LogP contribution in [0.3, 0.4) is 0 Å². The molecule has 3 atom stereocenters. The molecule has 0 aromatic rings. The second-order valence-electron chi connectivity index (χ2n) is 17.3. The number of amides is 1. The molecular weight excluding hydrogens is 719 g/mol. The Morgan fingerprint density at radius 2 is 0.879 bits per heavy atom. The van der Waals surface area contributed by atoms with Crippen LogP contribution < -0.4 is 5.32 Å². The van der Waals surface area contributed by atoms with Crippen molar-refractivity contribution in [2.75, 3.05) is 6.61 Å². The molecule has 58 heavy (non-hydrogen) atoms. The first-order valence-electron chi connectivity index (χ1n) is 25.2. The van der Waals surface area contributed by atoms with Gasteiger partial charge in [-0.1, -0.05) is 231 Å². The number of unbranched alkanes of at least 4 members (excludes halogenated alkanes) is 29. The largest absolute Gasteiger partial charge is 0.462 e. The first-order valence-corrected chi connectivity index (χ1v) is 25.2. The minimum atomic E-state index is -0.793. The van der Waals surface area contributed by atoms with Crippen LogP contribution in [-0.4, -0.2) is 46.9 Å². The highest BCUT2D eigenvalue weighted by Crippen LogP contribution is 2.17. The number of aliphatic hydroxyl groups is 2. The first-order chi connectivity index (χ1) is 28.5. The molecule has 0 bridgehead atoms. The Morgan fingerprint density at radius 3 is 1.33 bits per heavy atom. The number of aliphatic hydroxyl groups excluding tert-OH is 2. The molecular formula is C52H97NO5. The number of carbonyl (C=O) groups excluding carboxylic acids is 2. The summed E-state index contributed by atoms with van der Waals surface area (Å²) in [6.07, 6.45) is 53.4. The summed E-state index contributed by atoms with van der Waals surface area (Å²) in [6.45, 7) is 6.45. The zero-order chi connectivity index (χ0) is 42.4. The number of hydrogen-bond acceptors (Lipinski definition) is 5. The molecule has 0 spiro atoms. The number of esters is 1. The van der Waals surface area contributed by atoms with E-state index in [4.69, 9.17) is 4.74 Å². The fraction of sp³-hybridized carbons (Fsp3) is 0.846. The molecule has 0 radical (unpaired) electrons. The number of carbonyl (C=O) groups is 2. The topological polar surface area (TPSA) is 95.9 Å². The van der Waals surface area contributed by atoms with Crippen molar-refractivity contribution in [3.05, 3.63) is 36.5 Å². The van der Waals surface area contributed by atoms with Crippen molar-refractivity contribution in [2.45, 2.75) is 277 Å². The minimum Gasteiger partial charge on any atom is -0.462 e. The van der Waals surface area contributed by atoms with Gasteiger partial charge in [-0.15, -0.1) is 0 Å². The van der Waals surface area contributed by atoms with E-state index in [1.165, 1.54) is 141 Å². The van der Waals surface area contributed by atoms with E-state index in [2.05, 4.69) is 62.5 Å². The zero-order valence-electron chi connectivity index (χ0n) is 38.7. The van der Waals surface area contributed by atoms with E-state index in [0.29, 0.717) is 19.3 Å². The van der Waals surface area contributed by atoms with E-state index in [1.54, 1.807) is 0 Å². The molecule has 0 saturated heterocycles. The number of nitrogens with one attached hydrogen (secondary N) is 1. The maximum atomic E-state index is 13.2. The molecule has 3 unspecified atom stereocenters. The van der Waals surface area contributed by atoms with Gasteiger partial charge in [-0.3, -0.25) is 9.59 Å². The molecule has 0 rings (SSSR count). The lowest BCUT2D eigenvalue weighted by molar-refractivity contribution is -0.151. The third kappa shape index (κ3) is 40.8.